The molecule has 0 aliphatic heterocycles. The molecule has 2 heterocycles. The van der Waals surface area contributed by atoms with E-state index in [1.807, 2.05) is 0 Å². The van der Waals surface area contributed by atoms with Gasteiger partial charge in [-0.15, -0.1) is 11.3 Å². The number of anilines is 1. The highest BCUT2D eigenvalue weighted by atomic mass is 32.1. The highest BCUT2D eigenvalue weighted by Crippen LogP contribution is 2.31. The molecule has 2 aromatic heterocycles. The van der Waals surface area contributed by atoms with Gasteiger partial charge in [-0.05, 0) is 18.8 Å². The van der Waals surface area contributed by atoms with Crippen LogP contribution in [0.15, 0.2) is 11.6 Å². The molecule has 0 spiro atoms. The highest BCUT2D eigenvalue weighted by molar-refractivity contribution is 7.15. The van der Waals surface area contributed by atoms with Crippen LogP contribution in [-0.2, 0) is 6.42 Å². The van der Waals surface area contributed by atoms with Crippen LogP contribution in [0.2, 0.25) is 0 Å². The third-order valence-corrected chi connectivity index (χ3v) is 5.24. The first kappa shape index (κ1) is 16.3. The van der Waals surface area contributed by atoms with Gasteiger partial charge in [-0.1, -0.05) is 27.7 Å². The molecule has 0 amide bonds. The predicted molar refractivity (Wildman–Crippen MR) is 92.4 cm³/mol. The summed E-state index contributed by atoms with van der Waals surface area (Å²) in [5, 5.41) is 2.08. The molecule has 5 heteroatoms. The van der Waals surface area contributed by atoms with E-state index in [0.717, 1.165) is 23.6 Å². The van der Waals surface area contributed by atoms with Gasteiger partial charge in [0.25, 0.3) is 0 Å². The molecule has 0 bridgehead atoms. The quantitative estimate of drug-likeness (QED) is 0.919. The third-order valence-electron chi connectivity index (χ3n) is 4.49. The van der Waals surface area contributed by atoms with E-state index in [9.17, 15) is 0 Å². The van der Waals surface area contributed by atoms with Crippen LogP contribution < -0.4 is 10.6 Å². The molecule has 0 saturated carbocycles. The largest absolute Gasteiger partial charge is 0.355 e. The number of aromatic nitrogens is 2. The van der Waals surface area contributed by atoms with Crippen molar-refractivity contribution < 1.29 is 0 Å². The van der Waals surface area contributed by atoms with E-state index in [1.54, 1.807) is 11.3 Å². The lowest BCUT2D eigenvalue weighted by Gasteiger charge is -2.36. The highest BCUT2D eigenvalue weighted by Gasteiger charge is 2.28. The summed E-state index contributed by atoms with van der Waals surface area (Å²) in [4.78, 5) is 8.20. The zero-order valence-corrected chi connectivity index (χ0v) is 14.9. The summed E-state index contributed by atoms with van der Waals surface area (Å²) in [6, 6.07) is 0.584. The maximum atomic E-state index is 6.20. The second kappa shape index (κ2) is 5.97. The smallest absolute Gasteiger partial charge is 0.195 e. The number of rotatable bonds is 5. The van der Waals surface area contributed by atoms with Crippen LogP contribution in [0, 0.1) is 5.41 Å². The van der Waals surface area contributed by atoms with Crippen molar-refractivity contribution in [1.82, 2.24) is 9.38 Å². The molecule has 4 nitrogen and oxygen atoms in total. The number of imidazole rings is 1. The molecule has 2 aromatic rings. The molecule has 0 aliphatic carbocycles. The summed E-state index contributed by atoms with van der Waals surface area (Å²) >= 11 is 1.68. The Morgan fingerprint density at radius 2 is 2.10 bits per heavy atom. The van der Waals surface area contributed by atoms with Crippen molar-refractivity contribution in [2.75, 3.05) is 11.9 Å². The molecule has 21 heavy (non-hydrogen) atoms. The second-order valence-electron chi connectivity index (χ2n) is 6.96. The third kappa shape index (κ3) is 3.24. The Balaban J connectivity index is 2.42. The SMILES string of the molecule is CCC(N)Cc1c(N(C)C(C)C(C)(C)C)nc2sccn12. The standard InChI is InChI=1S/C16H28N4S/c1-7-12(17)10-13-14(18-15-20(13)8-9-21-15)19(6)11(2)16(3,4)5/h8-9,11-12H,7,10,17H2,1-6H3. The van der Waals surface area contributed by atoms with Gasteiger partial charge in [-0.25, -0.2) is 4.98 Å². The van der Waals surface area contributed by atoms with Crippen LogP contribution >= 0.6 is 11.3 Å². The molecule has 0 fully saturated rings. The van der Waals surface area contributed by atoms with Gasteiger partial charge < -0.3 is 10.6 Å². The van der Waals surface area contributed by atoms with Crippen LogP contribution in [0.5, 0.6) is 0 Å². The van der Waals surface area contributed by atoms with Crippen molar-refractivity contribution in [3.8, 4) is 0 Å². The van der Waals surface area contributed by atoms with Crippen LogP contribution in [0.4, 0.5) is 5.82 Å². The summed E-state index contributed by atoms with van der Waals surface area (Å²) in [6.07, 6.45) is 3.95. The Morgan fingerprint density at radius 1 is 1.43 bits per heavy atom. The Labute approximate surface area is 132 Å². The van der Waals surface area contributed by atoms with Crippen molar-refractivity contribution in [2.24, 2.45) is 11.1 Å². The minimum absolute atomic E-state index is 0.182. The predicted octanol–water partition coefficient (Wildman–Crippen LogP) is 3.55. The van der Waals surface area contributed by atoms with Crippen LogP contribution in [-0.4, -0.2) is 28.5 Å². The molecule has 118 valence electrons. The topological polar surface area (TPSA) is 46.6 Å². The summed E-state index contributed by atoms with van der Waals surface area (Å²) < 4.78 is 2.20. The summed E-state index contributed by atoms with van der Waals surface area (Å²) in [7, 11) is 2.14. The Bertz CT molecular complexity index is 593. The van der Waals surface area contributed by atoms with E-state index in [-0.39, 0.29) is 11.5 Å². The average Bonchev–Trinajstić information content (AvgIpc) is 2.98. The lowest BCUT2D eigenvalue weighted by atomic mass is 9.87. The van der Waals surface area contributed by atoms with E-state index in [1.165, 1.54) is 5.69 Å². The Kier molecular flexibility index (Phi) is 4.63. The average molecular weight is 308 g/mol. The molecule has 2 rings (SSSR count). The first-order valence-corrected chi connectivity index (χ1v) is 8.56. The molecule has 2 N–H and O–H groups in total. The first-order chi connectivity index (χ1) is 9.75. The van der Waals surface area contributed by atoms with Crippen LogP contribution in [0.3, 0.4) is 0 Å². The Hall–Kier alpha value is -1.07. The van der Waals surface area contributed by atoms with E-state index in [0.29, 0.717) is 6.04 Å². The summed E-state index contributed by atoms with van der Waals surface area (Å²) in [6.45, 7) is 11.2. The summed E-state index contributed by atoms with van der Waals surface area (Å²) in [5.74, 6) is 1.08. The Morgan fingerprint density at radius 3 is 2.67 bits per heavy atom. The van der Waals surface area contributed by atoms with E-state index >= 15 is 0 Å². The molecule has 0 saturated heterocycles. The van der Waals surface area contributed by atoms with E-state index in [2.05, 4.69) is 62.5 Å². The van der Waals surface area contributed by atoms with Crippen molar-refractivity contribution in [2.45, 2.75) is 59.5 Å². The van der Waals surface area contributed by atoms with Gasteiger partial charge in [-0.3, -0.25) is 4.40 Å². The number of nitrogens with two attached hydrogens (primary N) is 1. The molecule has 0 radical (unpaired) electrons. The zero-order valence-electron chi connectivity index (χ0n) is 14.1. The van der Waals surface area contributed by atoms with Gasteiger partial charge in [0.1, 0.15) is 0 Å². The maximum Gasteiger partial charge on any atom is 0.195 e. The van der Waals surface area contributed by atoms with Crippen molar-refractivity contribution in [1.29, 1.82) is 0 Å². The monoisotopic (exact) mass is 308 g/mol. The van der Waals surface area contributed by atoms with Crippen LogP contribution in [0.1, 0.15) is 46.7 Å². The lowest BCUT2D eigenvalue weighted by Crippen LogP contribution is -2.40. The van der Waals surface area contributed by atoms with Gasteiger partial charge in [-0.2, -0.15) is 0 Å². The van der Waals surface area contributed by atoms with Gasteiger partial charge in [0.15, 0.2) is 10.8 Å². The minimum Gasteiger partial charge on any atom is -0.355 e. The summed E-state index contributed by atoms with van der Waals surface area (Å²) in [5.41, 5.74) is 7.64. The molecular weight excluding hydrogens is 280 g/mol. The zero-order chi connectivity index (χ0) is 15.8. The van der Waals surface area contributed by atoms with Gasteiger partial charge in [0.2, 0.25) is 0 Å². The fourth-order valence-corrected chi connectivity index (χ4v) is 3.18. The number of nitrogens with zero attached hydrogens (tertiary/aromatic N) is 3. The first-order valence-electron chi connectivity index (χ1n) is 7.68. The van der Waals surface area contributed by atoms with Crippen molar-refractivity contribution >= 4 is 22.1 Å². The van der Waals surface area contributed by atoms with Crippen molar-refractivity contribution in [3.63, 3.8) is 0 Å². The minimum atomic E-state index is 0.182. The fourth-order valence-electron chi connectivity index (χ4n) is 2.45. The maximum absolute atomic E-state index is 6.20. The van der Waals surface area contributed by atoms with Gasteiger partial charge >= 0.3 is 0 Å². The number of hydrogen-bond donors (Lipinski definition) is 1. The van der Waals surface area contributed by atoms with E-state index in [4.69, 9.17) is 10.7 Å². The molecule has 0 aliphatic rings. The molecule has 2 unspecified atom stereocenters. The fraction of sp³-hybridized carbons (Fsp3) is 0.688. The van der Waals surface area contributed by atoms with Gasteiger partial charge in [0.05, 0.1) is 5.69 Å². The molecule has 2 atom stereocenters. The number of fused-ring (bicyclic) bond motifs is 1. The number of hydrogen-bond acceptors (Lipinski definition) is 4. The molecular formula is C16H28N4S. The van der Waals surface area contributed by atoms with Gasteiger partial charge in [0, 0.05) is 37.1 Å². The number of thiazole rings is 1. The van der Waals surface area contributed by atoms with Crippen LogP contribution in [0.25, 0.3) is 4.96 Å². The van der Waals surface area contributed by atoms with Crippen molar-refractivity contribution in [3.05, 3.63) is 17.3 Å². The second-order valence-corrected chi connectivity index (χ2v) is 7.84. The lowest BCUT2D eigenvalue weighted by molar-refractivity contribution is 0.328. The molecule has 0 aromatic carbocycles. The normalized spacial score (nSPS) is 15.4. The van der Waals surface area contributed by atoms with E-state index < -0.39 is 0 Å².